The van der Waals surface area contributed by atoms with Crippen LogP contribution < -0.4 is 4.90 Å². The van der Waals surface area contributed by atoms with Gasteiger partial charge in [-0.05, 0) is 31.5 Å². The van der Waals surface area contributed by atoms with Crippen LogP contribution in [0.25, 0.3) is 0 Å². The Bertz CT molecular complexity index is 637. The molecular weight excluding hydrogens is 319 g/mol. The molecule has 0 saturated carbocycles. The van der Waals surface area contributed by atoms with Gasteiger partial charge in [-0.1, -0.05) is 12.1 Å². The topological polar surface area (TPSA) is 50.6 Å². The Labute approximate surface area is 148 Å². The van der Waals surface area contributed by atoms with E-state index in [0.717, 1.165) is 32.5 Å². The Morgan fingerprint density at radius 1 is 1.20 bits per heavy atom. The van der Waals surface area contributed by atoms with E-state index in [1.54, 1.807) is 12.1 Å². The predicted molar refractivity (Wildman–Crippen MR) is 94.6 cm³/mol. The zero-order chi connectivity index (χ0) is 17.6. The highest BCUT2D eigenvalue weighted by Crippen LogP contribution is 2.23. The number of hydrogen-bond donors (Lipinski definition) is 0. The van der Waals surface area contributed by atoms with Crippen LogP contribution >= 0.6 is 0 Å². The Morgan fingerprint density at radius 3 is 2.68 bits per heavy atom. The maximum absolute atomic E-state index is 13.9. The summed E-state index contributed by atoms with van der Waals surface area (Å²) in [6, 6.07) is 8.98. The van der Waals surface area contributed by atoms with Crippen molar-refractivity contribution in [1.29, 1.82) is 5.26 Å². The normalized spacial score (nSPS) is 21.8. The van der Waals surface area contributed by atoms with E-state index in [-0.39, 0.29) is 17.6 Å². The number of piperazine rings is 1. The maximum atomic E-state index is 13.9. The average Bonchev–Trinajstić information content (AvgIpc) is 2.66. The van der Waals surface area contributed by atoms with Crippen molar-refractivity contribution in [3.63, 3.8) is 0 Å². The fraction of sp³-hybridized carbons (Fsp3) is 0.579. The molecule has 25 heavy (non-hydrogen) atoms. The first-order valence-corrected chi connectivity index (χ1v) is 9.06. The van der Waals surface area contributed by atoms with Crippen molar-refractivity contribution in [1.82, 2.24) is 9.80 Å². The van der Waals surface area contributed by atoms with Crippen molar-refractivity contribution in [2.45, 2.75) is 19.3 Å². The number of amides is 1. The lowest BCUT2D eigenvalue weighted by molar-refractivity contribution is -0.137. The van der Waals surface area contributed by atoms with Crippen molar-refractivity contribution in [2.75, 3.05) is 50.7 Å². The molecule has 1 aromatic carbocycles. The summed E-state index contributed by atoms with van der Waals surface area (Å²) in [7, 11) is 0. The minimum absolute atomic E-state index is 0.0347. The molecule has 0 aliphatic carbocycles. The Hall–Kier alpha value is -2.13. The van der Waals surface area contributed by atoms with Crippen LogP contribution in [0.2, 0.25) is 0 Å². The smallest absolute Gasteiger partial charge is 0.227 e. The molecule has 6 heteroatoms. The molecule has 1 aromatic rings. The predicted octanol–water partition coefficient (Wildman–Crippen LogP) is 2.10. The highest BCUT2D eigenvalue weighted by molar-refractivity contribution is 5.79. The van der Waals surface area contributed by atoms with Gasteiger partial charge in [0.2, 0.25) is 5.91 Å². The second-order valence-corrected chi connectivity index (χ2v) is 6.81. The van der Waals surface area contributed by atoms with E-state index in [0.29, 0.717) is 38.3 Å². The summed E-state index contributed by atoms with van der Waals surface area (Å²) >= 11 is 0. The van der Waals surface area contributed by atoms with E-state index in [1.807, 2.05) is 15.9 Å². The quantitative estimate of drug-likeness (QED) is 0.839. The number of nitrogens with zero attached hydrogens (tertiary/aromatic N) is 4. The van der Waals surface area contributed by atoms with Crippen LogP contribution in [0.15, 0.2) is 24.3 Å². The third kappa shape index (κ3) is 4.29. The second kappa shape index (κ2) is 8.30. The van der Waals surface area contributed by atoms with Crippen molar-refractivity contribution >= 4 is 11.6 Å². The summed E-state index contributed by atoms with van der Waals surface area (Å²) < 4.78 is 13.9. The number of benzene rings is 1. The first-order chi connectivity index (χ1) is 12.2. The van der Waals surface area contributed by atoms with Gasteiger partial charge in [-0.3, -0.25) is 4.79 Å². The van der Waals surface area contributed by atoms with E-state index in [1.165, 1.54) is 6.07 Å². The Morgan fingerprint density at radius 2 is 1.96 bits per heavy atom. The van der Waals surface area contributed by atoms with Gasteiger partial charge in [0.05, 0.1) is 17.7 Å². The molecule has 2 aliphatic rings. The molecule has 0 spiro atoms. The zero-order valence-electron chi connectivity index (χ0n) is 14.5. The summed E-state index contributed by atoms with van der Waals surface area (Å²) in [5, 5.41) is 8.73. The molecule has 0 bridgehead atoms. The summed E-state index contributed by atoms with van der Waals surface area (Å²) in [6.45, 7) is 5.10. The molecule has 1 atom stereocenters. The van der Waals surface area contributed by atoms with Crippen LogP contribution in [0.1, 0.15) is 19.3 Å². The largest absolute Gasteiger partial charge is 0.366 e. The van der Waals surface area contributed by atoms with E-state index in [2.05, 4.69) is 11.0 Å². The highest BCUT2D eigenvalue weighted by Gasteiger charge is 2.31. The van der Waals surface area contributed by atoms with Gasteiger partial charge in [0, 0.05) is 45.7 Å². The van der Waals surface area contributed by atoms with E-state index in [4.69, 9.17) is 5.26 Å². The summed E-state index contributed by atoms with van der Waals surface area (Å²) in [4.78, 5) is 19.0. The van der Waals surface area contributed by atoms with Gasteiger partial charge >= 0.3 is 0 Å². The summed E-state index contributed by atoms with van der Waals surface area (Å²) in [5.74, 6) is 0.0463. The Balaban J connectivity index is 1.53. The number of rotatable bonds is 4. The monoisotopic (exact) mass is 344 g/mol. The van der Waals surface area contributed by atoms with Crippen molar-refractivity contribution in [3.05, 3.63) is 30.1 Å². The first kappa shape index (κ1) is 17.7. The molecule has 0 radical (unpaired) electrons. The molecular formula is C19H25FN4O. The summed E-state index contributed by atoms with van der Waals surface area (Å²) in [5.41, 5.74) is 0.620. The number of halogens is 1. The maximum Gasteiger partial charge on any atom is 0.227 e. The van der Waals surface area contributed by atoms with Gasteiger partial charge < -0.3 is 14.7 Å². The lowest BCUT2D eigenvalue weighted by Crippen LogP contribution is -2.52. The zero-order valence-corrected chi connectivity index (χ0v) is 14.5. The van der Waals surface area contributed by atoms with Crippen LogP contribution in [0.4, 0.5) is 10.1 Å². The van der Waals surface area contributed by atoms with Gasteiger partial charge in [0.25, 0.3) is 0 Å². The summed E-state index contributed by atoms with van der Waals surface area (Å²) in [6.07, 6.45) is 2.45. The van der Waals surface area contributed by atoms with Gasteiger partial charge in [0.1, 0.15) is 5.82 Å². The molecule has 5 nitrogen and oxygen atoms in total. The minimum atomic E-state index is -0.206. The third-order valence-corrected chi connectivity index (χ3v) is 5.18. The van der Waals surface area contributed by atoms with E-state index < -0.39 is 0 Å². The lowest BCUT2D eigenvalue weighted by Gasteiger charge is -2.39. The molecule has 2 heterocycles. The van der Waals surface area contributed by atoms with Crippen molar-refractivity contribution < 1.29 is 9.18 Å². The number of carbonyl (C=O) groups is 1. The average molecular weight is 344 g/mol. The molecule has 0 N–H and O–H groups in total. The minimum Gasteiger partial charge on any atom is -0.366 e. The van der Waals surface area contributed by atoms with Crippen molar-refractivity contribution in [2.24, 2.45) is 5.92 Å². The lowest BCUT2D eigenvalue weighted by atomic mass is 9.96. The number of likely N-dealkylation sites (tertiary alicyclic amines) is 1. The molecule has 0 aromatic heterocycles. The van der Waals surface area contributed by atoms with Gasteiger partial charge in [-0.2, -0.15) is 5.26 Å². The standard InChI is InChI=1S/C19H25FN4O/c20-17-6-1-2-7-18(17)23-11-13-24(14-12-23)19(25)16-5-3-9-22(15-16)10-4-8-21/h1-2,6-7,16H,3-5,9-15H2. The van der Waals surface area contributed by atoms with Crippen LogP contribution in [0.5, 0.6) is 0 Å². The molecule has 1 amide bonds. The SMILES string of the molecule is N#CCCN1CCCC(C(=O)N2CCN(c3ccccc3F)CC2)C1. The number of carbonyl (C=O) groups excluding carboxylic acids is 1. The van der Waals surface area contributed by atoms with Gasteiger partial charge in [-0.15, -0.1) is 0 Å². The fourth-order valence-corrected chi connectivity index (χ4v) is 3.80. The number of piperidine rings is 1. The number of anilines is 1. The van der Waals surface area contributed by atoms with Gasteiger partial charge in [0.15, 0.2) is 0 Å². The molecule has 1 unspecified atom stereocenters. The molecule has 2 saturated heterocycles. The second-order valence-electron chi connectivity index (χ2n) is 6.81. The van der Waals surface area contributed by atoms with Crippen molar-refractivity contribution in [3.8, 4) is 6.07 Å². The fourth-order valence-electron chi connectivity index (χ4n) is 3.80. The third-order valence-electron chi connectivity index (χ3n) is 5.18. The van der Waals surface area contributed by atoms with Gasteiger partial charge in [-0.25, -0.2) is 4.39 Å². The number of hydrogen-bond acceptors (Lipinski definition) is 4. The van der Waals surface area contributed by atoms with E-state index in [9.17, 15) is 9.18 Å². The number of nitriles is 1. The first-order valence-electron chi connectivity index (χ1n) is 9.06. The molecule has 2 aliphatic heterocycles. The molecule has 134 valence electrons. The van der Waals surface area contributed by atoms with Crippen LogP contribution in [-0.2, 0) is 4.79 Å². The van der Waals surface area contributed by atoms with Crippen LogP contribution in [0.3, 0.4) is 0 Å². The highest BCUT2D eigenvalue weighted by atomic mass is 19.1. The Kier molecular flexibility index (Phi) is 5.87. The number of para-hydroxylation sites is 1. The van der Waals surface area contributed by atoms with E-state index >= 15 is 0 Å². The molecule has 2 fully saturated rings. The van der Waals surface area contributed by atoms with Crippen LogP contribution in [-0.4, -0.2) is 61.5 Å². The van der Waals surface area contributed by atoms with Crippen LogP contribution in [0, 0.1) is 23.1 Å². The molecule has 3 rings (SSSR count).